The number of hydrogen-bond donors (Lipinski definition) is 5. The van der Waals surface area contributed by atoms with Crippen molar-refractivity contribution in [3.8, 4) is 0 Å². The van der Waals surface area contributed by atoms with Crippen molar-refractivity contribution in [3.05, 3.63) is 59.3 Å². The number of nitrogens with one attached hydrogen (secondary N) is 4. The Balaban J connectivity index is 1.93. The first-order valence-electron chi connectivity index (χ1n) is 8.74. The zero-order valence-electron chi connectivity index (χ0n) is 16.4. The summed E-state index contributed by atoms with van der Waals surface area (Å²) in [4.78, 5) is 8.12. The first-order valence-corrected chi connectivity index (χ1v) is 11.0. The van der Waals surface area contributed by atoms with Gasteiger partial charge in [0.2, 0.25) is 16.0 Å². The predicted octanol–water partition coefficient (Wildman–Crippen LogP) is 3.55. The summed E-state index contributed by atoms with van der Waals surface area (Å²) in [6.07, 6.45) is 2.95. The van der Waals surface area contributed by atoms with Gasteiger partial charge in [0.15, 0.2) is 5.82 Å². The second-order valence-electron chi connectivity index (χ2n) is 6.38. The van der Waals surface area contributed by atoms with E-state index in [4.69, 9.17) is 22.9 Å². The van der Waals surface area contributed by atoms with Gasteiger partial charge in [-0.25, -0.2) is 28.0 Å². The maximum atomic E-state index is 14.2. The summed E-state index contributed by atoms with van der Waals surface area (Å²) in [7, 11) is -3.77. The van der Waals surface area contributed by atoms with Crippen molar-refractivity contribution >= 4 is 62.5 Å². The van der Waals surface area contributed by atoms with E-state index in [1.54, 1.807) is 0 Å². The lowest BCUT2D eigenvalue weighted by atomic mass is 10.2. The van der Waals surface area contributed by atoms with Gasteiger partial charge in [-0.15, -0.1) is 0 Å². The Morgan fingerprint density at radius 2 is 1.91 bits per heavy atom. The molecule has 0 atom stereocenters. The smallest absolute Gasteiger partial charge is 0.229 e. The molecule has 168 valence electrons. The number of rotatable bonds is 8. The number of benzene rings is 2. The fourth-order valence-electron chi connectivity index (χ4n) is 2.52. The lowest BCUT2D eigenvalue weighted by Gasteiger charge is -2.16. The zero-order chi connectivity index (χ0) is 23.5. The molecular formula is C18H17ClF2N8O2S. The Morgan fingerprint density at radius 3 is 2.59 bits per heavy atom. The highest BCUT2D eigenvalue weighted by Crippen LogP contribution is 2.32. The summed E-state index contributed by atoms with van der Waals surface area (Å²) >= 11 is 6.12. The van der Waals surface area contributed by atoms with Crippen LogP contribution in [0.2, 0.25) is 5.02 Å². The molecular weight excluding hydrogens is 466 g/mol. The Labute approximate surface area is 187 Å². The molecule has 0 radical (unpaired) electrons. The van der Waals surface area contributed by atoms with E-state index < -0.39 is 21.7 Å². The van der Waals surface area contributed by atoms with Crippen molar-refractivity contribution in [1.82, 2.24) is 9.97 Å². The van der Waals surface area contributed by atoms with Crippen LogP contribution < -0.4 is 26.2 Å². The van der Waals surface area contributed by atoms with Gasteiger partial charge in [0.25, 0.3) is 0 Å². The highest BCUT2D eigenvalue weighted by Gasteiger charge is 2.16. The van der Waals surface area contributed by atoms with Gasteiger partial charge in [0.05, 0.1) is 29.5 Å². The molecule has 3 rings (SSSR count). The number of halogens is 3. The van der Waals surface area contributed by atoms with Crippen LogP contribution in [0.25, 0.3) is 0 Å². The number of hydrogen-bond acceptors (Lipinski definition) is 8. The molecule has 0 unspecified atom stereocenters. The van der Waals surface area contributed by atoms with E-state index in [1.165, 1.54) is 30.5 Å². The Hall–Kier alpha value is -3.55. The van der Waals surface area contributed by atoms with Gasteiger partial charge in [0.1, 0.15) is 28.7 Å². The van der Waals surface area contributed by atoms with Crippen LogP contribution in [0.4, 0.5) is 43.3 Å². The summed E-state index contributed by atoms with van der Waals surface area (Å²) in [6, 6.07) is 7.72. The topological polar surface area (TPSA) is 149 Å². The Bertz CT molecular complexity index is 1280. The number of para-hydroxylation sites is 1. The quantitative estimate of drug-likeness (QED) is 0.141. The van der Waals surface area contributed by atoms with Gasteiger partial charge in [-0.2, -0.15) is 4.98 Å². The van der Waals surface area contributed by atoms with Gasteiger partial charge >= 0.3 is 0 Å². The van der Waals surface area contributed by atoms with Crippen molar-refractivity contribution in [2.75, 3.05) is 26.6 Å². The fraction of sp³-hybridized carbons (Fsp3) is 0.0556. The number of nitrogens with zero attached hydrogens (tertiary/aromatic N) is 3. The molecule has 0 aliphatic carbocycles. The zero-order valence-corrected chi connectivity index (χ0v) is 18.0. The van der Waals surface area contributed by atoms with E-state index >= 15 is 0 Å². The summed E-state index contributed by atoms with van der Waals surface area (Å²) in [5.41, 5.74) is 0.0123. The molecule has 0 saturated heterocycles. The van der Waals surface area contributed by atoms with Gasteiger partial charge in [-0.05, 0) is 30.3 Å². The minimum absolute atomic E-state index is 0.00261. The molecule has 10 nitrogen and oxygen atoms in total. The standard InChI is InChI=1S/C18H17ClF2N8O2S/c1-32(30,31)28-16-13(21)3-2-4-14(16)25-17-11(19)8-24-18(27-17)26-15-7-10(29(23)9-22)5-6-12(15)20/h2-9,22,28H,23H2,1H3,(H2,24,25,26,27). The van der Waals surface area contributed by atoms with Crippen LogP contribution in [0.5, 0.6) is 0 Å². The summed E-state index contributed by atoms with van der Waals surface area (Å²) < 4.78 is 53.7. The van der Waals surface area contributed by atoms with Gasteiger partial charge in [-0.3, -0.25) is 15.1 Å². The van der Waals surface area contributed by atoms with Crippen molar-refractivity contribution in [2.24, 2.45) is 5.84 Å². The Morgan fingerprint density at radius 1 is 1.16 bits per heavy atom. The minimum atomic E-state index is -3.77. The highest BCUT2D eigenvalue weighted by molar-refractivity contribution is 7.92. The molecule has 1 heterocycles. The average molecular weight is 483 g/mol. The normalized spacial score (nSPS) is 11.0. The second kappa shape index (κ2) is 9.30. The molecule has 1 aromatic heterocycles. The van der Waals surface area contributed by atoms with Crippen LogP contribution in [0.3, 0.4) is 0 Å². The van der Waals surface area contributed by atoms with Crippen LogP contribution in [-0.4, -0.2) is 31.0 Å². The molecule has 0 aliphatic heterocycles. The number of anilines is 6. The lowest BCUT2D eigenvalue weighted by Crippen LogP contribution is -2.28. The largest absolute Gasteiger partial charge is 0.337 e. The third-order valence-electron chi connectivity index (χ3n) is 3.93. The molecule has 32 heavy (non-hydrogen) atoms. The maximum absolute atomic E-state index is 14.2. The number of hydrazine groups is 1. The van der Waals surface area contributed by atoms with Crippen molar-refractivity contribution in [2.45, 2.75) is 0 Å². The van der Waals surface area contributed by atoms with E-state index in [0.717, 1.165) is 29.7 Å². The van der Waals surface area contributed by atoms with Crippen LogP contribution in [0, 0.1) is 17.0 Å². The lowest BCUT2D eigenvalue weighted by molar-refractivity contribution is 0.604. The first-order chi connectivity index (χ1) is 15.1. The minimum Gasteiger partial charge on any atom is -0.337 e. The molecule has 2 aromatic carbocycles. The highest BCUT2D eigenvalue weighted by atomic mass is 35.5. The van der Waals surface area contributed by atoms with E-state index in [2.05, 4.69) is 25.3 Å². The molecule has 6 N–H and O–H groups in total. The van der Waals surface area contributed by atoms with Gasteiger partial charge < -0.3 is 10.6 Å². The molecule has 3 aromatic rings. The van der Waals surface area contributed by atoms with Crippen LogP contribution in [0.1, 0.15) is 0 Å². The van der Waals surface area contributed by atoms with Crippen molar-refractivity contribution in [1.29, 1.82) is 5.41 Å². The summed E-state index contributed by atoms with van der Waals surface area (Å²) in [5.74, 6) is 4.09. The van der Waals surface area contributed by atoms with Crippen LogP contribution in [0.15, 0.2) is 42.6 Å². The maximum Gasteiger partial charge on any atom is 0.229 e. The third-order valence-corrected chi connectivity index (χ3v) is 4.78. The molecule has 0 amide bonds. The van der Waals surface area contributed by atoms with Crippen LogP contribution >= 0.6 is 11.6 Å². The first kappa shape index (κ1) is 23.1. The van der Waals surface area contributed by atoms with Gasteiger partial charge in [-0.1, -0.05) is 17.7 Å². The summed E-state index contributed by atoms with van der Waals surface area (Å²) in [6.45, 7) is 0. The van der Waals surface area contributed by atoms with Crippen molar-refractivity contribution < 1.29 is 17.2 Å². The number of aromatic nitrogens is 2. The fourth-order valence-corrected chi connectivity index (χ4v) is 3.24. The average Bonchev–Trinajstić information content (AvgIpc) is 2.73. The molecule has 14 heteroatoms. The number of nitrogens with two attached hydrogens (primary N) is 1. The van der Waals surface area contributed by atoms with Crippen molar-refractivity contribution in [3.63, 3.8) is 0 Å². The molecule has 0 aliphatic rings. The summed E-state index contributed by atoms with van der Waals surface area (Å²) in [5, 5.41) is 13.6. The SMILES string of the molecule is CS(=O)(=O)Nc1c(F)cccc1Nc1nc(Nc2cc(N(N)C=N)ccc2F)ncc1Cl. The second-order valence-corrected chi connectivity index (χ2v) is 8.53. The van der Waals surface area contributed by atoms with Crippen LogP contribution in [-0.2, 0) is 10.0 Å². The molecule has 0 spiro atoms. The Kier molecular flexibility index (Phi) is 6.72. The predicted molar refractivity (Wildman–Crippen MR) is 120 cm³/mol. The third kappa shape index (κ3) is 5.57. The molecule has 0 fully saturated rings. The number of sulfonamides is 1. The molecule has 0 saturated carbocycles. The van der Waals surface area contributed by atoms with Gasteiger partial charge in [0, 0.05) is 0 Å². The molecule has 0 bridgehead atoms. The van der Waals surface area contributed by atoms with E-state index in [-0.39, 0.29) is 33.9 Å². The van der Waals surface area contributed by atoms with E-state index in [0.29, 0.717) is 5.69 Å². The van der Waals surface area contributed by atoms with E-state index in [9.17, 15) is 17.2 Å². The van der Waals surface area contributed by atoms with E-state index in [1.807, 2.05) is 0 Å². The monoisotopic (exact) mass is 482 g/mol.